The predicted octanol–water partition coefficient (Wildman–Crippen LogP) is 5.16. The first-order chi connectivity index (χ1) is 22.1. The molecule has 0 aliphatic heterocycles. The summed E-state index contributed by atoms with van der Waals surface area (Å²) in [5.41, 5.74) is 6.56. The Morgan fingerprint density at radius 2 is 1.60 bits per heavy atom. The van der Waals surface area contributed by atoms with Crippen molar-refractivity contribution in [1.29, 1.82) is 0 Å². The number of nitrogens with two attached hydrogens (primary N) is 2. The van der Waals surface area contributed by atoms with Crippen molar-refractivity contribution in [3.05, 3.63) is 95.7 Å². The summed E-state index contributed by atoms with van der Waals surface area (Å²) >= 11 is 0. The van der Waals surface area contributed by atoms with Crippen molar-refractivity contribution in [3.63, 3.8) is 0 Å². The van der Waals surface area contributed by atoms with E-state index in [1.165, 1.54) is 37.4 Å². The highest BCUT2D eigenvalue weighted by Gasteiger charge is 2.35. The Labute approximate surface area is 272 Å². The highest BCUT2D eigenvalue weighted by Crippen LogP contribution is 2.37. The van der Waals surface area contributed by atoms with Crippen LogP contribution >= 0.6 is 0 Å². The van der Waals surface area contributed by atoms with E-state index in [1.807, 2.05) is 0 Å². The number of anilines is 1. The van der Waals surface area contributed by atoms with E-state index >= 15 is 0 Å². The Morgan fingerprint density at radius 1 is 1.00 bits per heavy atom. The van der Waals surface area contributed by atoms with Crippen molar-refractivity contribution in [3.8, 4) is 22.6 Å². The zero-order valence-electron chi connectivity index (χ0n) is 25.6. The third-order valence-corrected chi connectivity index (χ3v) is 8.84. The Kier molecular flexibility index (Phi) is 9.97. The number of sulfonamides is 1. The maximum Gasteiger partial charge on any atom is 0.573 e. The van der Waals surface area contributed by atoms with Crippen LogP contribution < -0.4 is 26.0 Å². The molecule has 0 amide bonds. The number of halogens is 6. The standard InChI is InChI=1S/C30H30F6N6O4S2/c1-18-40-28(29(31,32)33)17-41(18)24-12-9-20(21-5-6-22(16-39-48(4,44)45)27(14-21)47(2,3)43)13-25(24)42(38)26(15-37)19-7-10-23(11-8-19)46-30(34,35)36/h5-15,17,39H,2,16,37-38H2,1,3-4H3/b26-15-. The molecule has 18 heteroatoms. The van der Waals surface area contributed by atoms with E-state index in [0.29, 0.717) is 16.7 Å². The van der Waals surface area contributed by atoms with Gasteiger partial charge in [-0.3, -0.25) is 9.22 Å². The summed E-state index contributed by atoms with van der Waals surface area (Å²) < 4.78 is 123. The molecule has 4 rings (SSSR count). The van der Waals surface area contributed by atoms with E-state index in [1.54, 1.807) is 24.3 Å². The SMILES string of the molecule is C=S(C)(=O)c1cc(-c2ccc(-n3cc(C(F)(F)F)nc3C)c(N(N)/C(=C\N)c3ccc(OC(F)(F)F)cc3)c2)ccc1CNS(C)(=O)=O. The number of imidazole rings is 1. The van der Waals surface area contributed by atoms with Crippen molar-refractivity contribution in [2.45, 2.75) is 30.9 Å². The maximum atomic E-state index is 13.6. The molecule has 0 aliphatic rings. The van der Waals surface area contributed by atoms with Crippen molar-refractivity contribution in [2.24, 2.45) is 11.6 Å². The molecule has 1 aromatic heterocycles. The first-order valence-electron chi connectivity index (χ1n) is 13.6. The van der Waals surface area contributed by atoms with E-state index in [0.717, 1.165) is 40.4 Å². The molecule has 0 saturated heterocycles. The molecular weight excluding hydrogens is 686 g/mol. The van der Waals surface area contributed by atoms with Crippen molar-refractivity contribution in [1.82, 2.24) is 14.3 Å². The van der Waals surface area contributed by atoms with Gasteiger partial charge in [-0.05, 0) is 81.5 Å². The number of hydrazine groups is 1. The number of benzene rings is 3. The first kappa shape index (κ1) is 36.3. The number of hydrogen-bond donors (Lipinski definition) is 3. The average Bonchev–Trinajstić information content (AvgIpc) is 3.37. The second-order valence-electron chi connectivity index (χ2n) is 10.7. The average molecular weight is 717 g/mol. The van der Waals surface area contributed by atoms with Crippen LogP contribution in [0.15, 0.2) is 78.0 Å². The van der Waals surface area contributed by atoms with E-state index in [9.17, 15) is 39.0 Å². The number of nitrogens with zero attached hydrogens (tertiary/aromatic N) is 3. The Hall–Kier alpha value is -4.52. The number of aryl methyl sites for hydroxylation is 1. The Bertz CT molecular complexity index is 2080. The maximum absolute atomic E-state index is 13.6. The second-order valence-corrected chi connectivity index (χ2v) is 14.9. The molecule has 0 fully saturated rings. The number of aromatic nitrogens is 2. The smallest absolute Gasteiger partial charge is 0.406 e. The zero-order chi connectivity index (χ0) is 35.8. The van der Waals surface area contributed by atoms with Gasteiger partial charge in [0.15, 0.2) is 5.69 Å². The molecular formula is C30H30F6N6O4S2. The number of rotatable bonds is 10. The Balaban J connectivity index is 1.88. The molecule has 10 nitrogen and oxygen atoms in total. The van der Waals surface area contributed by atoms with E-state index in [4.69, 9.17) is 11.6 Å². The van der Waals surface area contributed by atoms with Gasteiger partial charge in [-0.1, -0.05) is 18.2 Å². The fourth-order valence-electron chi connectivity index (χ4n) is 4.72. The fraction of sp³-hybridized carbons (Fsp3) is 0.200. The summed E-state index contributed by atoms with van der Waals surface area (Å²) in [6, 6.07) is 13.9. The summed E-state index contributed by atoms with van der Waals surface area (Å²) in [5.74, 6) is 9.74. The summed E-state index contributed by atoms with van der Waals surface area (Å²) in [4.78, 5) is 3.89. The molecule has 5 N–H and O–H groups in total. The van der Waals surface area contributed by atoms with Gasteiger partial charge in [0, 0.05) is 35.7 Å². The van der Waals surface area contributed by atoms with Crippen LogP contribution in [0.25, 0.3) is 22.5 Å². The third kappa shape index (κ3) is 8.68. The zero-order valence-corrected chi connectivity index (χ0v) is 27.2. The summed E-state index contributed by atoms with van der Waals surface area (Å²) in [7, 11) is -6.47. The van der Waals surface area contributed by atoms with Crippen LogP contribution in [0, 0.1) is 6.92 Å². The molecule has 0 bridgehead atoms. The number of ether oxygens (including phenoxy) is 1. The highest BCUT2D eigenvalue weighted by molar-refractivity contribution is 7.99. The topological polar surface area (TPSA) is 146 Å². The first-order valence-corrected chi connectivity index (χ1v) is 17.6. The molecule has 0 saturated carbocycles. The quantitative estimate of drug-likeness (QED) is 0.0884. The summed E-state index contributed by atoms with van der Waals surface area (Å²) in [5, 5.41) is 1.04. The number of nitrogens with one attached hydrogen (secondary N) is 1. The number of hydrogen-bond acceptors (Lipinski definition) is 8. The fourth-order valence-corrected chi connectivity index (χ4v) is 6.21. The molecule has 0 spiro atoms. The van der Waals surface area contributed by atoms with Crippen molar-refractivity contribution >= 4 is 36.8 Å². The van der Waals surface area contributed by atoms with Gasteiger partial charge < -0.3 is 15.0 Å². The van der Waals surface area contributed by atoms with Crippen LogP contribution in [-0.4, -0.2) is 46.9 Å². The van der Waals surface area contributed by atoms with E-state index in [2.05, 4.69) is 20.3 Å². The lowest BCUT2D eigenvalue weighted by Gasteiger charge is -2.26. The Morgan fingerprint density at radius 3 is 2.12 bits per heavy atom. The highest BCUT2D eigenvalue weighted by atomic mass is 32.2. The van der Waals surface area contributed by atoms with Crippen molar-refractivity contribution in [2.75, 3.05) is 17.5 Å². The van der Waals surface area contributed by atoms with Gasteiger partial charge in [0.1, 0.15) is 11.6 Å². The van der Waals surface area contributed by atoms with E-state index in [-0.39, 0.29) is 39.9 Å². The van der Waals surface area contributed by atoms with E-state index < -0.39 is 43.5 Å². The molecule has 1 unspecified atom stereocenters. The van der Waals surface area contributed by atoms with Gasteiger partial charge >= 0.3 is 12.5 Å². The molecule has 4 aromatic rings. The lowest BCUT2D eigenvalue weighted by atomic mass is 10.0. The van der Waals surface area contributed by atoms with Gasteiger partial charge in [0.05, 0.1) is 23.3 Å². The van der Waals surface area contributed by atoms with Crippen LogP contribution in [0.1, 0.15) is 22.6 Å². The van der Waals surface area contributed by atoms with Crippen LogP contribution in [0.3, 0.4) is 0 Å². The van der Waals surface area contributed by atoms with Gasteiger partial charge in [-0.25, -0.2) is 24.0 Å². The van der Waals surface area contributed by atoms with Gasteiger partial charge in [0.2, 0.25) is 10.0 Å². The minimum absolute atomic E-state index is 0.0375. The minimum Gasteiger partial charge on any atom is -0.406 e. The van der Waals surface area contributed by atoms with Gasteiger partial charge in [-0.2, -0.15) is 13.2 Å². The minimum atomic E-state index is -4.93. The van der Waals surface area contributed by atoms with Gasteiger partial charge in [0.25, 0.3) is 0 Å². The predicted molar refractivity (Wildman–Crippen MR) is 172 cm³/mol. The van der Waals surface area contributed by atoms with Crippen LogP contribution in [0.2, 0.25) is 0 Å². The molecule has 1 atom stereocenters. The molecule has 3 aromatic carbocycles. The molecule has 0 radical (unpaired) electrons. The van der Waals surface area contributed by atoms with Gasteiger partial charge in [-0.15, -0.1) is 13.2 Å². The largest absolute Gasteiger partial charge is 0.573 e. The number of alkyl halides is 6. The molecule has 258 valence electrons. The second kappa shape index (κ2) is 13.2. The van der Waals surface area contributed by atoms with Crippen LogP contribution in [0.5, 0.6) is 5.75 Å². The van der Waals surface area contributed by atoms with Crippen LogP contribution in [0.4, 0.5) is 32.0 Å². The monoisotopic (exact) mass is 716 g/mol. The lowest BCUT2D eigenvalue weighted by molar-refractivity contribution is -0.274. The molecule has 0 aliphatic carbocycles. The van der Waals surface area contributed by atoms with Crippen molar-refractivity contribution < 1.29 is 43.7 Å². The summed E-state index contributed by atoms with van der Waals surface area (Å²) in [6.07, 6.45) is -5.47. The normalized spacial score (nSPS) is 14.1. The molecule has 1 heterocycles. The molecule has 48 heavy (non-hydrogen) atoms. The third-order valence-electron chi connectivity index (χ3n) is 6.86. The summed E-state index contributed by atoms with van der Waals surface area (Å²) in [6.45, 7) is 1.20. The van der Waals surface area contributed by atoms with Crippen LogP contribution in [-0.2, 0) is 32.3 Å². The lowest BCUT2D eigenvalue weighted by Crippen LogP contribution is -2.31.